The first-order valence-corrected chi connectivity index (χ1v) is 10.3. The molecular weight excluding hydrogens is 350 g/mol. The van der Waals surface area contributed by atoms with Gasteiger partial charge in [-0.2, -0.15) is 0 Å². The van der Waals surface area contributed by atoms with Gasteiger partial charge in [-0.25, -0.2) is 0 Å². The molecule has 0 fully saturated rings. The Morgan fingerprint density at radius 2 is 1.28 bits per heavy atom. The van der Waals surface area contributed by atoms with E-state index in [0.29, 0.717) is 5.71 Å². The van der Waals surface area contributed by atoms with Crippen molar-refractivity contribution in [2.45, 2.75) is 27.2 Å². The first kappa shape index (κ1) is 17.9. The standard InChI is InChI=1S/C28H25N/c1-28(2,3)27(29)26-16-19-10-5-4-9-18(19)15-25(26)23-14-8-13-22-21-12-7-6-11-20(21)17-24(22)23/h4-16,29H,17H2,1-3H3. The zero-order chi connectivity index (χ0) is 20.2. The second kappa shape index (κ2) is 6.42. The summed E-state index contributed by atoms with van der Waals surface area (Å²) < 4.78 is 0. The van der Waals surface area contributed by atoms with E-state index in [4.69, 9.17) is 5.41 Å². The molecule has 0 atom stereocenters. The van der Waals surface area contributed by atoms with Gasteiger partial charge in [0.25, 0.3) is 0 Å². The molecule has 0 bridgehead atoms. The molecule has 1 heteroatoms. The van der Waals surface area contributed by atoms with E-state index in [1.807, 2.05) is 0 Å². The van der Waals surface area contributed by atoms with Gasteiger partial charge in [-0.05, 0) is 62.7 Å². The van der Waals surface area contributed by atoms with Crippen LogP contribution in [0.25, 0.3) is 33.0 Å². The van der Waals surface area contributed by atoms with E-state index in [-0.39, 0.29) is 5.41 Å². The van der Waals surface area contributed by atoms with Gasteiger partial charge < -0.3 is 5.41 Å². The molecule has 0 saturated heterocycles. The van der Waals surface area contributed by atoms with E-state index in [1.54, 1.807) is 0 Å². The van der Waals surface area contributed by atoms with E-state index in [1.165, 1.54) is 44.2 Å². The monoisotopic (exact) mass is 375 g/mol. The van der Waals surface area contributed by atoms with Crippen LogP contribution in [-0.2, 0) is 6.42 Å². The van der Waals surface area contributed by atoms with Crippen molar-refractivity contribution < 1.29 is 0 Å². The predicted molar refractivity (Wildman–Crippen MR) is 124 cm³/mol. The highest BCUT2D eigenvalue weighted by molar-refractivity contribution is 6.10. The van der Waals surface area contributed by atoms with E-state index >= 15 is 0 Å². The molecule has 4 aromatic carbocycles. The molecule has 0 saturated carbocycles. The zero-order valence-electron chi connectivity index (χ0n) is 17.2. The SMILES string of the molecule is CC(C)(C)C(=N)c1cc2ccccc2cc1-c1cccc2c1Cc1ccccc1-2. The van der Waals surface area contributed by atoms with Gasteiger partial charge in [0.15, 0.2) is 0 Å². The van der Waals surface area contributed by atoms with Gasteiger partial charge in [-0.1, -0.05) is 87.5 Å². The van der Waals surface area contributed by atoms with Crippen molar-refractivity contribution in [2.75, 3.05) is 0 Å². The van der Waals surface area contributed by atoms with Crippen LogP contribution < -0.4 is 0 Å². The van der Waals surface area contributed by atoms with Gasteiger partial charge in [0.2, 0.25) is 0 Å². The van der Waals surface area contributed by atoms with Crippen molar-refractivity contribution >= 4 is 16.5 Å². The average molecular weight is 376 g/mol. The molecule has 1 aliphatic rings. The van der Waals surface area contributed by atoms with E-state index in [9.17, 15) is 0 Å². The minimum Gasteiger partial charge on any atom is -0.304 e. The summed E-state index contributed by atoms with van der Waals surface area (Å²) in [5.41, 5.74) is 9.40. The third-order valence-corrected chi connectivity index (χ3v) is 6.05. The topological polar surface area (TPSA) is 23.9 Å². The van der Waals surface area contributed by atoms with Gasteiger partial charge >= 0.3 is 0 Å². The highest BCUT2D eigenvalue weighted by atomic mass is 14.5. The van der Waals surface area contributed by atoms with Gasteiger partial charge in [0.1, 0.15) is 0 Å². The van der Waals surface area contributed by atoms with Crippen LogP contribution in [0.4, 0.5) is 0 Å². The van der Waals surface area contributed by atoms with Crippen LogP contribution in [0.2, 0.25) is 0 Å². The molecule has 0 radical (unpaired) electrons. The Morgan fingerprint density at radius 3 is 2.00 bits per heavy atom. The van der Waals surface area contributed by atoms with Gasteiger partial charge in [0, 0.05) is 16.7 Å². The van der Waals surface area contributed by atoms with Crippen molar-refractivity contribution in [1.82, 2.24) is 0 Å². The molecule has 0 aliphatic heterocycles. The summed E-state index contributed by atoms with van der Waals surface area (Å²) >= 11 is 0. The summed E-state index contributed by atoms with van der Waals surface area (Å²) in [5, 5.41) is 11.4. The molecule has 142 valence electrons. The van der Waals surface area contributed by atoms with E-state index in [2.05, 4.69) is 99.6 Å². The van der Waals surface area contributed by atoms with Crippen LogP contribution in [-0.4, -0.2) is 5.71 Å². The summed E-state index contributed by atoms with van der Waals surface area (Å²) in [6.45, 7) is 6.37. The smallest absolute Gasteiger partial charge is 0.0446 e. The summed E-state index contributed by atoms with van der Waals surface area (Å²) in [5.74, 6) is 0. The fourth-order valence-corrected chi connectivity index (χ4v) is 4.48. The Morgan fingerprint density at radius 1 is 0.690 bits per heavy atom. The fraction of sp³-hybridized carbons (Fsp3) is 0.179. The summed E-state index contributed by atoms with van der Waals surface area (Å²) in [6, 6.07) is 28.3. The molecule has 0 amide bonds. The molecule has 0 unspecified atom stereocenters. The number of nitrogens with one attached hydrogen (secondary N) is 1. The van der Waals surface area contributed by atoms with Gasteiger partial charge in [-0.15, -0.1) is 0 Å². The largest absolute Gasteiger partial charge is 0.304 e. The molecule has 1 N–H and O–H groups in total. The number of benzene rings is 4. The highest BCUT2D eigenvalue weighted by Crippen LogP contribution is 2.43. The van der Waals surface area contributed by atoms with E-state index < -0.39 is 0 Å². The lowest BCUT2D eigenvalue weighted by molar-refractivity contribution is 0.589. The van der Waals surface area contributed by atoms with Gasteiger partial charge in [-0.3, -0.25) is 0 Å². The summed E-state index contributed by atoms with van der Waals surface area (Å²) in [4.78, 5) is 0. The number of rotatable bonds is 2. The number of fused-ring (bicyclic) bond motifs is 4. The van der Waals surface area contributed by atoms with Gasteiger partial charge in [0.05, 0.1) is 0 Å². The Bertz CT molecular complexity index is 1270. The maximum Gasteiger partial charge on any atom is 0.0446 e. The second-order valence-corrected chi connectivity index (χ2v) is 9.04. The summed E-state index contributed by atoms with van der Waals surface area (Å²) in [6.07, 6.45) is 0.955. The lowest BCUT2D eigenvalue weighted by atomic mass is 9.80. The number of hydrogen-bond donors (Lipinski definition) is 1. The maximum absolute atomic E-state index is 8.97. The van der Waals surface area contributed by atoms with Crippen molar-refractivity contribution in [3.05, 3.63) is 95.6 Å². The quantitative estimate of drug-likeness (QED) is 0.309. The van der Waals surface area contributed by atoms with Crippen molar-refractivity contribution in [2.24, 2.45) is 5.41 Å². The molecule has 29 heavy (non-hydrogen) atoms. The lowest BCUT2D eigenvalue weighted by Gasteiger charge is -2.24. The molecule has 4 aromatic rings. The van der Waals surface area contributed by atoms with Crippen LogP contribution in [0.3, 0.4) is 0 Å². The molecule has 1 nitrogen and oxygen atoms in total. The molecule has 1 aliphatic carbocycles. The summed E-state index contributed by atoms with van der Waals surface area (Å²) in [7, 11) is 0. The maximum atomic E-state index is 8.97. The minimum absolute atomic E-state index is 0.210. The second-order valence-electron chi connectivity index (χ2n) is 9.04. The minimum atomic E-state index is -0.210. The van der Waals surface area contributed by atoms with Crippen molar-refractivity contribution in [1.29, 1.82) is 5.41 Å². The Labute approximate surface area is 172 Å². The Kier molecular flexibility index (Phi) is 3.96. The molecule has 0 aromatic heterocycles. The first-order chi connectivity index (χ1) is 13.9. The third-order valence-electron chi connectivity index (χ3n) is 6.05. The molecule has 5 rings (SSSR count). The Balaban J connectivity index is 1.79. The molecule has 0 spiro atoms. The lowest BCUT2D eigenvalue weighted by Crippen LogP contribution is -2.21. The van der Waals surface area contributed by atoms with E-state index in [0.717, 1.165) is 12.0 Å². The first-order valence-electron chi connectivity index (χ1n) is 10.3. The average Bonchev–Trinajstić information content (AvgIpc) is 3.10. The number of hydrogen-bond acceptors (Lipinski definition) is 1. The van der Waals surface area contributed by atoms with Crippen LogP contribution in [0.1, 0.15) is 37.5 Å². The normalized spacial score (nSPS) is 12.7. The third kappa shape index (κ3) is 2.89. The molecular formula is C28H25N. The van der Waals surface area contributed by atoms with Crippen LogP contribution in [0.5, 0.6) is 0 Å². The van der Waals surface area contributed by atoms with Crippen molar-refractivity contribution in [3.63, 3.8) is 0 Å². The van der Waals surface area contributed by atoms with Crippen LogP contribution in [0, 0.1) is 10.8 Å². The Hall–Kier alpha value is -3.19. The zero-order valence-corrected chi connectivity index (χ0v) is 17.2. The van der Waals surface area contributed by atoms with Crippen LogP contribution in [0.15, 0.2) is 78.9 Å². The molecule has 0 heterocycles. The van der Waals surface area contributed by atoms with Crippen LogP contribution >= 0.6 is 0 Å². The van der Waals surface area contributed by atoms with Crippen molar-refractivity contribution in [3.8, 4) is 22.3 Å². The predicted octanol–water partition coefficient (Wildman–Crippen LogP) is 7.49. The fourth-order valence-electron chi connectivity index (χ4n) is 4.48. The highest BCUT2D eigenvalue weighted by Gasteiger charge is 2.26.